The third kappa shape index (κ3) is 5.05. The van der Waals surface area contributed by atoms with Crippen LogP contribution < -0.4 is 10.1 Å². The Morgan fingerprint density at radius 3 is 2.26 bits per heavy atom. The first kappa shape index (κ1) is 22.4. The van der Waals surface area contributed by atoms with Gasteiger partial charge in [-0.25, -0.2) is 9.67 Å². The summed E-state index contributed by atoms with van der Waals surface area (Å²) in [4.78, 5) is 9.64. The molecule has 1 aliphatic rings. The number of pyridine rings is 1. The second-order valence-corrected chi connectivity index (χ2v) is 9.09. The number of benzene rings is 2. The third-order valence-electron chi connectivity index (χ3n) is 6.51. The number of nitrogens with one attached hydrogen (secondary N) is 1. The lowest BCUT2D eigenvalue weighted by Gasteiger charge is -2.32. The number of aromatic nitrogens is 3. The summed E-state index contributed by atoms with van der Waals surface area (Å²) in [6, 6.07) is 18.9. The molecule has 0 bridgehead atoms. The van der Waals surface area contributed by atoms with Crippen LogP contribution in [0.3, 0.4) is 0 Å². The number of aryl methyl sites for hydroxylation is 1. The second kappa shape index (κ2) is 9.83. The minimum Gasteiger partial charge on any atom is -0.497 e. The first-order valence-electron chi connectivity index (χ1n) is 11.8. The zero-order valence-corrected chi connectivity index (χ0v) is 20.2. The Bertz CT molecular complexity index is 1240. The molecule has 1 fully saturated rings. The highest BCUT2D eigenvalue weighted by atomic mass is 16.5. The molecule has 1 aliphatic heterocycles. The zero-order valence-electron chi connectivity index (χ0n) is 20.2. The van der Waals surface area contributed by atoms with E-state index in [1.54, 1.807) is 7.11 Å². The number of nitrogens with zero attached hydrogens (tertiary/aromatic N) is 5. The summed E-state index contributed by atoms with van der Waals surface area (Å²) in [6.45, 7) is 8.26. The van der Waals surface area contributed by atoms with Gasteiger partial charge in [0.2, 0.25) is 0 Å². The normalized spacial score (nSPS) is 15.0. The van der Waals surface area contributed by atoms with Crippen molar-refractivity contribution >= 4 is 22.4 Å². The van der Waals surface area contributed by atoms with E-state index in [-0.39, 0.29) is 0 Å². The summed E-state index contributed by atoms with van der Waals surface area (Å²) in [7, 11) is 3.87. The fourth-order valence-corrected chi connectivity index (χ4v) is 4.42. The largest absolute Gasteiger partial charge is 0.497 e. The number of likely N-dealkylation sites (N-methyl/N-ethyl adjacent to an activating group) is 1. The average Bonchev–Trinajstić information content (AvgIpc) is 3.16. The second-order valence-electron chi connectivity index (χ2n) is 9.09. The van der Waals surface area contributed by atoms with E-state index in [4.69, 9.17) is 14.8 Å². The zero-order chi connectivity index (χ0) is 23.5. The minimum absolute atomic E-state index is 0.670. The van der Waals surface area contributed by atoms with Crippen molar-refractivity contribution in [1.29, 1.82) is 0 Å². The SMILES string of the molecule is COc1ccc(Cn2nc(C)c3cc(Nc4ccc(CN5CCN(C)CC5)cc4)cnc32)cc1. The average molecular weight is 457 g/mol. The summed E-state index contributed by atoms with van der Waals surface area (Å²) in [5.41, 5.74) is 6.40. The highest BCUT2D eigenvalue weighted by Crippen LogP contribution is 2.24. The molecule has 0 saturated carbocycles. The van der Waals surface area contributed by atoms with Crippen molar-refractivity contribution in [2.24, 2.45) is 0 Å². The molecule has 7 heteroatoms. The molecule has 2 aromatic carbocycles. The Balaban J connectivity index is 1.26. The van der Waals surface area contributed by atoms with Crippen molar-refractivity contribution in [3.05, 3.63) is 77.6 Å². The van der Waals surface area contributed by atoms with Crippen LogP contribution in [-0.2, 0) is 13.1 Å². The van der Waals surface area contributed by atoms with Crippen LogP contribution in [0.15, 0.2) is 60.8 Å². The minimum atomic E-state index is 0.670. The quantitative estimate of drug-likeness (QED) is 0.448. The van der Waals surface area contributed by atoms with Crippen LogP contribution in [0.5, 0.6) is 5.75 Å². The fourth-order valence-electron chi connectivity index (χ4n) is 4.42. The Labute approximate surface area is 201 Å². The van der Waals surface area contributed by atoms with Gasteiger partial charge < -0.3 is 15.0 Å². The number of hydrogen-bond donors (Lipinski definition) is 1. The molecular weight excluding hydrogens is 424 g/mol. The van der Waals surface area contributed by atoms with Crippen molar-refractivity contribution in [2.45, 2.75) is 20.0 Å². The highest BCUT2D eigenvalue weighted by molar-refractivity contribution is 5.82. The molecule has 7 nitrogen and oxygen atoms in total. The molecule has 2 aromatic heterocycles. The van der Waals surface area contributed by atoms with Crippen LogP contribution in [0.1, 0.15) is 16.8 Å². The van der Waals surface area contributed by atoms with Gasteiger partial charge >= 0.3 is 0 Å². The van der Waals surface area contributed by atoms with E-state index in [1.165, 1.54) is 5.56 Å². The molecule has 3 heterocycles. The molecule has 1 N–H and O–H groups in total. The van der Waals surface area contributed by atoms with Crippen LogP contribution in [0.25, 0.3) is 11.0 Å². The van der Waals surface area contributed by atoms with Gasteiger partial charge in [-0.05, 0) is 55.4 Å². The standard InChI is InChI=1S/C27H32N6O/c1-20-26-16-24(17-28-27(26)33(30-20)19-22-6-10-25(34-3)11-7-22)29-23-8-4-21(5-9-23)18-32-14-12-31(2)13-15-32/h4-11,16-17,29H,12-15,18-19H2,1-3H3. The van der Waals surface area contributed by atoms with E-state index in [1.807, 2.05) is 29.9 Å². The van der Waals surface area contributed by atoms with Crippen LogP contribution in [0, 0.1) is 6.92 Å². The molecule has 0 atom stereocenters. The molecule has 0 aliphatic carbocycles. The molecule has 0 amide bonds. The van der Waals surface area contributed by atoms with Crippen LogP contribution in [0.2, 0.25) is 0 Å². The van der Waals surface area contributed by atoms with E-state index < -0.39 is 0 Å². The third-order valence-corrected chi connectivity index (χ3v) is 6.51. The van der Waals surface area contributed by atoms with Gasteiger partial charge in [0.1, 0.15) is 5.75 Å². The van der Waals surface area contributed by atoms with E-state index in [0.717, 1.165) is 72.1 Å². The van der Waals surface area contributed by atoms with E-state index in [0.29, 0.717) is 6.54 Å². The molecule has 0 unspecified atom stereocenters. The lowest BCUT2D eigenvalue weighted by atomic mass is 10.1. The smallest absolute Gasteiger partial charge is 0.158 e. The number of fused-ring (bicyclic) bond motifs is 1. The predicted molar refractivity (Wildman–Crippen MR) is 137 cm³/mol. The summed E-state index contributed by atoms with van der Waals surface area (Å²) in [5.74, 6) is 0.853. The Morgan fingerprint density at radius 1 is 0.882 bits per heavy atom. The van der Waals surface area contributed by atoms with Crippen LogP contribution in [-0.4, -0.2) is 64.9 Å². The number of anilines is 2. The lowest BCUT2D eigenvalue weighted by molar-refractivity contribution is 0.148. The van der Waals surface area contributed by atoms with Crippen molar-refractivity contribution < 1.29 is 4.74 Å². The molecular formula is C27H32N6O. The Morgan fingerprint density at radius 2 is 1.56 bits per heavy atom. The maximum atomic E-state index is 5.25. The maximum absolute atomic E-state index is 5.25. The first-order valence-corrected chi connectivity index (χ1v) is 11.8. The number of rotatable bonds is 7. The number of hydrogen-bond acceptors (Lipinski definition) is 6. The predicted octanol–water partition coefficient (Wildman–Crippen LogP) is 4.29. The molecule has 0 spiro atoms. The Kier molecular flexibility index (Phi) is 6.47. The molecule has 1 saturated heterocycles. The molecule has 4 aromatic rings. The molecule has 5 rings (SSSR count). The Hall–Kier alpha value is -3.42. The van der Waals surface area contributed by atoms with Gasteiger partial charge in [-0.15, -0.1) is 0 Å². The summed E-state index contributed by atoms with van der Waals surface area (Å²) >= 11 is 0. The van der Waals surface area contributed by atoms with E-state index >= 15 is 0 Å². The van der Waals surface area contributed by atoms with Gasteiger partial charge in [0.25, 0.3) is 0 Å². The van der Waals surface area contributed by atoms with Gasteiger partial charge in [0.05, 0.1) is 31.2 Å². The van der Waals surface area contributed by atoms with Gasteiger partial charge in [-0.3, -0.25) is 4.90 Å². The van der Waals surface area contributed by atoms with Crippen LogP contribution in [0.4, 0.5) is 11.4 Å². The van der Waals surface area contributed by atoms with Crippen molar-refractivity contribution in [3.63, 3.8) is 0 Å². The van der Waals surface area contributed by atoms with Gasteiger partial charge in [-0.2, -0.15) is 5.10 Å². The molecule has 0 radical (unpaired) electrons. The van der Waals surface area contributed by atoms with Gasteiger partial charge in [0, 0.05) is 43.8 Å². The number of piperazine rings is 1. The highest BCUT2D eigenvalue weighted by Gasteiger charge is 2.14. The van der Waals surface area contributed by atoms with Crippen molar-refractivity contribution in [3.8, 4) is 5.75 Å². The van der Waals surface area contributed by atoms with Crippen molar-refractivity contribution in [2.75, 3.05) is 45.7 Å². The summed E-state index contributed by atoms with van der Waals surface area (Å²) in [5, 5.41) is 9.29. The van der Waals surface area contributed by atoms with Gasteiger partial charge in [-0.1, -0.05) is 24.3 Å². The number of ether oxygens (including phenoxy) is 1. The van der Waals surface area contributed by atoms with Crippen LogP contribution >= 0.6 is 0 Å². The number of methoxy groups -OCH3 is 1. The molecule has 34 heavy (non-hydrogen) atoms. The summed E-state index contributed by atoms with van der Waals surface area (Å²) < 4.78 is 7.22. The lowest BCUT2D eigenvalue weighted by Crippen LogP contribution is -2.43. The van der Waals surface area contributed by atoms with Crippen molar-refractivity contribution in [1.82, 2.24) is 24.6 Å². The molecule has 176 valence electrons. The summed E-state index contributed by atoms with van der Waals surface area (Å²) in [6.07, 6.45) is 1.88. The fraction of sp³-hybridized carbons (Fsp3) is 0.333. The van der Waals surface area contributed by atoms with E-state index in [9.17, 15) is 0 Å². The topological polar surface area (TPSA) is 58.5 Å². The van der Waals surface area contributed by atoms with Gasteiger partial charge in [0.15, 0.2) is 5.65 Å². The monoisotopic (exact) mass is 456 g/mol. The first-order chi connectivity index (χ1) is 16.6. The van der Waals surface area contributed by atoms with E-state index in [2.05, 4.69) is 64.6 Å². The maximum Gasteiger partial charge on any atom is 0.158 e.